The van der Waals surface area contributed by atoms with Crippen molar-refractivity contribution in [3.05, 3.63) is 57.7 Å². The Morgan fingerprint density at radius 2 is 1.57 bits per heavy atom. The molecule has 0 aliphatic carbocycles. The Morgan fingerprint density at radius 3 is 2.11 bits per heavy atom. The Kier molecular flexibility index (Phi) is 14.9. The van der Waals surface area contributed by atoms with Crippen molar-refractivity contribution in [2.75, 3.05) is 29.9 Å². The Labute approximate surface area is 290 Å². The van der Waals surface area contributed by atoms with Crippen LogP contribution in [-0.2, 0) is 26.7 Å². The number of anilines is 2. The van der Waals surface area contributed by atoms with Crippen LogP contribution in [-0.4, -0.2) is 55.5 Å². The molecule has 0 bridgehead atoms. The third kappa shape index (κ3) is 10.9. The van der Waals surface area contributed by atoms with E-state index in [1.165, 1.54) is 12.1 Å². The number of aromatic nitrogens is 2. The zero-order valence-corrected chi connectivity index (χ0v) is 30.1. The molecule has 12 nitrogen and oxygen atoms in total. The van der Waals surface area contributed by atoms with Gasteiger partial charge in [-0.05, 0) is 56.0 Å². The number of hydrogen-bond donors (Lipinski definition) is 2. The van der Waals surface area contributed by atoms with Gasteiger partial charge in [-0.25, -0.2) is 13.4 Å². The smallest absolute Gasteiger partial charge is 0.744 e. The molecule has 0 saturated carbocycles. The molecule has 0 saturated heterocycles. The summed E-state index contributed by atoms with van der Waals surface area (Å²) in [4.78, 5) is 10.7. The molecule has 0 unspecified atom stereocenters. The maximum Gasteiger partial charge on any atom is 1.00 e. The normalized spacial score (nSPS) is 11.9. The monoisotopic (exact) mass is 694 g/mol. The average Bonchev–Trinajstić information content (AvgIpc) is 2.93. The Hall–Kier alpha value is -1.88. The predicted octanol–water partition coefficient (Wildman–Crippen LogP) is 3.72. The molecule has 3 aromatic rings. The van der Waals surface area contributed by atoms with Gasteiger partial charge in [-0.3, -0.25) is 4.55 Å². The molecule has 17 heteroatoms. The first-order chi connectivity index (χ1) is 20.2. The van der Waals surface area contributed by atoms with Crippen LogP contribution in [0.3, 0.4) is 0 Å². The Morgan fingerprint density at radius 1 is 0.955 bits per heavy atom. The first-order valence-electron chi connectivity index (χ1n) is 13.5. The van der Waals surface area contributed by atoms with Crippen molar-refractivity contribution < 1.29 is 55.5 Å². The summed E-state index contributed by atoms with van der Waals surface area (Å²) in [6, 6.07) is 7.94. The van der Waals surface area contributed by atoms with E-state index in [-0.39, 0.29) is 50.2 Å². The van der Waals surface area contributed by atoms with Crippen molar-refractivity contribution in [1.82, 2.24) is 9.97 Å². The Balaban J connectivity index is 0.00000675. The summed E-state index contributed by atoms with van der Waals surface area (Å²) in [5.41, 5.74) is 1.69. The van der Waals surface area contributed by atoms with E-state index in [0.717, 1.165) is 56.5 Å². The summed E-state index contributed by atoms with van der Waals surface area (Å²) in [6.07, 6.45) is 4.42. The van der Waals surface area contributed by atoms with Crippen LogP contribution in [0.25, 0.3) is 0 Å². The molecule has 0 spiro atoms. The largest absolute Gasteiger partial charge is 1.00 e. The zero-order chi connectivity index (χ0) is 31.8. The van der Waals surface area contributed by atoms with Gasteiger partial charge in [0.2, 0.25) is 5.95 Å². The van der Waals surface area contributed by atoms with E-state index >= 15 is 0 Å². The molecule has 0 amide bonds. The van der Waals surface area contributed by atoms with Gasteiger partial charge in [0.25, 0.3) is 10.1 Å². The van der Waals surface area contributed by atoms with Crippen LogP contribution < -0.4 is 39.8 Å². The SMILES string of the molecule is CCCCN(CCCC)c1nc(C)c(N=Nc2cc(Cl)c(S(=O)(=O)[O-])cc2Cl)c(NCCc2ccc(S(=O)(=O)O)cc2)n1.[Na+]. The van der Waals surface area contributed by atoms with E-state index in [0.29, 0.717) is 36.1 Å². The minimum absolute atomic E-state index is 0. The summed E-state index contributed by atoms with van der Waals surface area (Å²) in [5, 5.41) is 11.3. The molecule has 234 valence electrons. The maximum absolute atomic E-state index is 11.4. The van der Waals surface area contributed by atoms with Gasteiger partial charge < -0.3 is 14.8 Å². The number of halogens is 2. The van der Waals surface area contributed by atoms with Crippen LogP contribution in [0, 0.1) is 6.92 Å². The zero-order valence-electron chi connectivity index (χ0n) is 24.9. The molecule has 1 aromatic heterocycles. The number of rotatable bonds is 15. The molecule has 0 fully saturated rings. The second-order valence-corrected chi connectivity index (χ2v) is 13.3. The van der Waals surface area contributed by atoms with Gasteiger partial charge >= 0.3 is 29.6 Å². The first-order valence-corrected chi connectivity index (χ1v) is 17.2. The third-order valence-corrected chi connectivity index (χ3v) is 8.82. The van der Waals surface area contributed by atoms with Crippen LogP contribution >= 0.6 is 23.2 Å². The molecular formula is C27H33Cl2N6NaO6S2. The molecule has 2 aromatic carbocycles. The number of unbranched alkanes of at least 4 members (excludes halogenated alkanes) is 2. The van der Waals surface area contributed by atoms with Crippen LogP contribution in [0.4, 0.5) is 23.1 Å². The summed E-state index contributed by atoms with van der Waals surface area (Å²) < 4.78 is 66.3. The molecule has 0 atom stereocenters. The summed E-state index contributed by atoms with van der Waals surface area (Å²) in [7, 11) is -9.13. The van der Waals surface area contributed by atoms with Gasteiger partial charge in [0.1, 0.15) is 21.5 Å². The molecule has 1 heterocycles. The minimum Gasteiger partial charge on any atom is -0.744 e. The molecule has 44 heavy (non-hydrogen) atoms. The summed E-state index contributed by atoms with van der Waals surface area (Å²) in [6.45, 7) is 7.92. The number of nitrogens with zero attached hydrogens (tertiary/aromatic N) is 5. The fourth-order valence-electron chi connectivity index (χ4n) is 3.99. The molecule has 3 rings (SSSR count). The second kappa shape index (κ2) is 17.2. The van der Waals surface area contributed by atoms with E-state index < -0.39 is 25.1 Å². The van der Waals surface area contributed by atoms with Crippen molar-refractivity contribution in [2.24, 2.45) is 10.2 Å². The first kappa shape index (κ1) is 38.3. The quantitative estimate of drug-likeness (QED) is 0.135. The van der Waals surface area contributed by atoms with Crippen molar-refractivity contribution >= 4 is 66.6 Å². The topological polar surface area (TPSA) is 177 Å². The van der Waals surface area contributed by atoms with Crippen LogP contribution in [0.2, 0.25) is 10.0 Å². The molecule has 0 aliphatic rings. The number of benzene rings is 2. The predicted molar refractivity (Wildman–Crippen MR) is 166 cm³/mol. The summed E-state index contributed by atoms with van der Waals surface area (Å²) >= 11 is 12.2. The van der Waals surface area contributed by atoms with Gasteiger partial charge in [-0.15, -0.1) is 10.2 Å². The van der Waals surface area contributed by atoms with Crippen LogP contribution in [0.15, 0.2) is 56.4 Å². The Bertz CT molecular complexity index is 1670. The van der Waals surface area contributed by atoms with Crippen LogP contribution in [0.5, 0.6) is 0 Å². The standard InChI is InChI=1S/C27H34Cl2N6O6S2.Na/c1-4-6-14-35(15-7-5-2)27-31-18(3)25(34-33-23-16-22(29)24(17-21(23)28)43(39,40)41)26(32-27)30-13-12-19-8-10-20(11-9-19)42(36,37)38;/h8-11,16-17H,4-7,12-15H2,1-3H3,(H,30,31,32)(H,36,37,38)(H,39,40,41);/q;+1/p-1. The van der Waals surface area contributed by atoms with Gasteiger partial charge in [0.15, 0.2) is 5.82 Å². The third-order valence-electron chi connectivity index (χ3n) is 6.35. The fraction of sp³-hybridized carbons (Fsp3) is 0.407. The van der Waals surface area contributed by atoms with Gasteiger partial charge in [-0.2, -0.15) is 13.4 Å². The second-order valence-electron chi connectivity index (χ2n) is 9.68. The van der Waals surface area contributed by atoms with Gasteiger partial charge in [-0.1, -0.05) is 62.0 Å². The van der Waals surface area contributed by atoms with Crippen LogP contribution in [0.1, 0.15) is 50.8 Å². The van der Waals surface area contributed by atoms with Gasteiger partial charge in [0.05, 0.1) is 25.5 Å². The number of azo groups is 1. The van der Waals surface area contributed by atoms with Crippen molar-refractivity contribution in [3.8, 4) is 0 Å². The average molecular weight is 696 g/mol. The molecule has 0 radical (unpaired) electrons. The van der Waals surface area contributed by atoms with Crippen molar-refractivity contribution in [1.29, 1.82) is 0 Å². The number of nitrogens with one attached hydrogen (secondary N) is 1. The van der Waals surface area contributed by atoms with E-state index in [1.54, 1.807) is 19.1 Å². The molecular weight excluding hydrogens is 662 g/mol. The van der Waals surface area contributed by atoms with Crippen molar-refractivity contribution in [2.45, 2.75) is 62.7 Å². The van der Waals surface area contributed by atoms with Crippen molar-refractivity contribution in [3.63, 3.8) is 0 Å². The summed E-state index contributed by atoms with van der Waals surface area (Å²) in [5.74, 6) is 0.921. The van der Waals surface area contributed by atoms with E-state index in [1.807, 2.05) is 0 Å². The van der Waals surface area contributed by atoms with Gasteiger partial charge in [0, 0.05) is 19.6 Å². The maximum atomic E-state index is 11.4. The number of hydrogen-bond acceptors (Lipinski definition) is 11. The van der Waals surface area contributed by atoms with E-state index in [9.17, 15) is 25.9 Å². The fourth-order valence-corrected chi connectivity index (χ4v) is 5.74. The van der Waals surface area contributed by atoms with E-state index in [4.69, 9.17) is 33.2 Å². The number of aryl methyl sites for hydroxylation is 1. The molecule has 2 N–H and O–H groups in total. The minimum atomic E-state index is -4.84. The van der Waals surface area contributed by atoms with E-state index in [2.05, 4.69) is 34.3 Å². The molecule has 0 aliphatic heterocycles.